The van der Waals surface area contributed by atoms with Crippen LogP contribution in [0.4, 0.5) is 17.6 Å². The third-order valence-electron chi connectivity index (χ3n) is 4.20. The minimum atomic E-state index is -4.34. The van der Waals surface area contributed by atoms with Crippen molar-refractivity contribution in [2.75, 3.05) is 26.7 Å². The Labute approximate surface area is 195 Å². The average molecular weight is 552 g/mol. The van der Waals surface area contributed by atoms with Crippen molar-refractivity contribution in [1.29, 1.82) is 0 Å². The standard InChI is InChI=1S/C21H24F4N4O.HI/c1-26-20(28-10-9-15-5-7-17(8-6-15)21(23,24)25)29-12-11-27-19(30)14-16-3-2-4-18(22)13-16;/h2-8,13H,9-12,14H2,1H3,(H,27,30)(H2,26,28,29);1H. The molecule has 5 nitrogen and oxygen atoms in total. The number of nitrogens with zero attached hydrogens (tertiary/aromatic N) is 1. The Bertz CT molecular complexity index is 857. The molecule has 0 saturated heterocycles. The maximum absolute atomic E-state index is 13.1. The predicted octanol–water partition coefficient (Wildman–Crippen LogP) is 3.53. The van der Waals surface area contributed by atoms with Crippen molar-refractivity contribution >= 4 is 35.8 Å². The summed E-state index contributed by atoms with van der Waals surface area (Å²) in [6, 6.07) is 10.9. The molecule has 0 fully saturated rings. The highest BCUT2D eigenvalue weighted by Crippen LogP contribution is 2.29. The van der Waals surface area contributed by atoms with Gasteiger partial charge in [0, 0.05) is 26.7 Å². The Morgan fingerprint density at radius 2 is 1.58 bits per heavy atom. The molecule has 2 rings (SSSR count). The van der Waals surface area contributed by atoms with Crippen molar-refractivity contribution in [3.05, 3.63) is 71.0 Å². The van der Waals surface area contributed by atoms with E-state index >= 15 is 0 Å². The van der Waals surface area contributed by atoms with Gasteiger partial charge >= 0.3 is 6.18 Å². The fraction of sp³-hybridized carbons (Fsp3) is 0.333. The Morgan fingerprint density at radius 3 is 2.19 bits per heavy atom. The van der Waals surface area contributed by atoms with Gasteiger partial charge in [-0.15, -0.1) is 24.0 Å². The molecule has 0 heterocycles. The Balaban J connectivity index is 0.00000480. The molecule has 0 radical (unpaired) electrons. The van der Waals surface area contributed by atoms with E-state index in [9.17, 15) is 22.4 Å². The second kappa shape index (κ2) is 13.1. The number of guanidine groups is 1. The zero-order valence-electron chi connectivity index (χ0n) is 16.9. The summed E-state index contributed by atoms with van der Waals surface area (Å²) in [6.45, 7) is 1.26. The molecule has 0 aliphatic rings. The van der Waals surface area contributed by atoms with Gasteiger partial charge in [0.25, 0.3) is 0 Å². The summed E-state index contributed by atoms with van der Waals surface area (Å²) in [4.78, 5) is 15.9. The first-order chi connectivity index (χ1) is 14.3. The predicted molar refractivity (Wildman–Crippen MR) is 123 cm³/mol. The van der Waals surface area contributed by atoms with Crippen LogP contribution < -0.4 is 16.0 Å². The van der Waals surface area contributed by atoms with E-state index < -0.39 is 11.7 Å². The van der Waals surface area contributed by atoms with E-state index in [0.717, 1.165) is 17.7 Å². The largest absolute Gasteiger partial charge is 0.416 e. The lowest BCUT2D eigenvalue weighted by Gasteiger charge is -2.13. The summed E-state index contributed by atoms with van der Waals surface area (Å²) in [6.07, 6.45) is -3.71. The van der Waals surface area contributed by atoms with E-state index in [1.165, 1.54) is 24.3 Å². The van der Waals surface area contributed by atoms with Gasteiger partial charge in [-0.25, -0.2) is 4.39 Å². The van der Waals surface area contributed by atoms with Crippen LogP contribution in [0.25, 0.3) is 0 Å². The van der Waals surface area contributed by atoms with E-state index in [0.29, 0.717) is 37.6 Å². The molecule has 0 atom stereocenters. The van der Waals surface area contributed by atoms with Gasteiger partial charge in [-0.3, -0.25) is 9.79 Å². The third kappa shape index (κ3) is 9.99. The molecule has 0 spiro atoms. The van der Waals surface area contributed by atoms with Gasteiger partial charge < -0.3 is 16.0 Å². The number of carbonyl (C=O) groups excluding carboxylic acids is 1. The summed E-state index contributed by atoms with van der Waals surface area (Å²) in [5.74, 6) is -0.0814. The first-order valence-electron chi connectivity index (χ1n) is 9.39. The minimum Gasteiger partial charge on any atom is -0.356 e. The molecule has 0 saturated carbocycles. The second-order valence-electron chi connectivity index (χ2n) is 6.53. The molecule has 0 aliphatic heterocycles. The number of alkyl halides is 3. The molecular weight excluding hydrogens is 527 g/mol. The number of amides is 1. The van der Waals surface area contributed by atoms with Crippen LogP contribution in [0.5, 0.6) is 0 Å². The molecule has 2 aromatic carbocycles. The summed E-state index contributed by atoms with van der Waals surface area (Å²) in [5.41, 5.74) is 0.702. The molecule has 10 heteroatoms. The molecular formula is C21H25F4IN4O. The molecule has 0 bridgehead atoms. The number of hydrogen-bond donors (Lipinski definition) is 3. The molecule has 170 valence electrons. The monoisotopic (exact) mass is 552 g/mol. The van der Waals surface area contributed by atoms with Gasteiger partial charge in [0.1, 0.15) is 5.82 Å². The van der Waals surface area contributed by atoms with Crippen molar-refractivity contribution in [2.24, 2.45) is 4.99 Å². The molecule has 0 unspecified atom stereocenters. The maximum atomic E-state index is 13.1. The molecule has 31 heavy (non-hydrogen) atoms. The number of hydrogen-bond acceptors (Lipinski definition) is 2. The number of halogens is 5. The molecule has 0 aliphatic carbocycles. The third-order valence-corrected chi connectivity index (χ3v) is 4.20. The molecule has 0 aromatic heterocycles. The maximum Gasteiger partial charge on any atom is 0.416 e. The van der Waals surface area contributed by atoms with Crippen molar-refractivity contribution in [1.82, 2.24) is 16.0 Å². The lowest BCUT2D eigenvalue weighted by Crippen LogP contribution is -2.42. The first kappa shape index (κ1) is 26.7. The lowest BCUT2D eigenvalue weighted by atomic mass is 10.1. The van der Waals surface area contributed by atoms with E-state index in [1.54, 1.807) is 19.2 Å². The van der Waals surface area contributed by atoms with Gasteiger partial charge in [-0.1, -0.05) is 24.3 Å². The fourth-order valence-electron chi connectivity index (χ4n) is 2.68. The second-order valence-corrected chi connectivity index (χ2v) is 6.53. The SMILES string of the molecule is CN=C(NCCNC(=O)Cc1cccc(F)c1)NCCc1ccc(C(F)(F)F)cc1.I. The van der Waals surface area contributed by atoms with Crippen LogP contribution in [0, 0.1) is 5.82 Å². The lowest BCUT2D eigenvalue weighted by molar-refractivity contribution is -0.137. The van der Waals surface area contributed by atoms with Crippen LogP contribution in [-0.2, 0) is 23.8 Å². The summed E-state index contributed by atoms with van der Waals surface area (Å²) in [7, 11) is 1.59. The van der Waals surface area contributed by atoms with Gasteiger partial charge in [-0.2, -0.15) is 13.2 Å². The van der Waals surface area contributed by atoms with Crippen LogP contribution in [0.3, 0.4) is 0 Å². The highest BCUT2D eigenvalue weighted by Gasteiger charge is 2.29. The van der Waals surface area contributed by atoms with Crippen molar-refractivity contribution < 1.29 is 22.4 Å². The van der Waals surface area contributed by atoms with Gasteiger partial charge in [0.2, 0.25) is 5.91 Å². The van der Waals surface area contributed by atoms with Crippen LogP contribution in [-0.4, -0.2) is 38.5 Å². The van der Waals surface area contributed by atoms with E-state index in [2.05, 4.69) is 20.9 Å². The Kier molecular flexibility index (Phi) is 11.3. The zero-order chi connectivity index (χ0) is 22.0. The smallest absolute Gasteiger partial charge is 0.356 e. The fourth-order valence-corrected chi connectivity index (χ4v) is 2.68. The average Bonchev–Trinajstić information content (AvgIpc) is 2.69. The Hall–Kier alpha value is -2.37. The van der Waals surface area contributed by atoms with Gasteiger partial charge in [0.05, 0.1) is 12.0 Å². The highest BCUT2D eigenvalue weighted by molar-refractivity contribution is 14.0. The normalized spacial score (nSPS) is 11.5. The number of benzene rings is 2. The quantitative estimate of drug-likeness (QED) is 0.155. The molecule has 2 aromatic rings. The minimum absolute atomic E-state index is 0. The van der Waals surface area contributed by atoms with Gasteiger partial charge in [0.15, 0.2) is 5.96 Å². The van der Waals surface area contributed by atoms with E-state index in [4.69, 9.17) is 0 Å². The van der Waals surface area contributed by atoms with Gasteiger partial charge in [-0.05, 0) is 41.8 Å². The topological polar surface area (TPSA) is 65.5 Å². The first-order valence-corrected chi connectivity index (χ1v) is 9.39. The van der Waals surface area contributed by atoms with Crippen molar-refractivity contribution in [3.63, 3.8) is 0 Å². The summed E-state index contributed by atoms with van der Waals surface area (Å²) >= 11 is 0. The number of carbonyl (C=O) groups is 1. The number of rotatable bonds is 8. The summed E-state index contributed by atoms with van der Waals surface area (Å²) < 4.78 is 50.8. The van der Waals surface area contributed by atoms with Crippen LogP contribution in [0.1, 0.15) is 16.7 Å². The van der Waals surface area contributed by atoms with Crippen LogP contribution in [0.15, 0.2) is 53.5 Å². The Morgan fingerprint density at radius 1 is 0.935 bits per heavy atom. The van der Waals surface area contributed by atoms with Crippen molar-refractivity contribution in [2.45, 2.75) is 19.0 Å². The van der Waals surface area contributed by atoms with Crippen LogP contribution in [0.2, 0.25) is 0 Å². The highest BCUT2D eigenvalue weighted by atomic mass is 127. The van der Waals surface area contributed by atoms with Crippen molar-refractivity contribution in [3.8, 4) is 0 Å². The number of nitrogens with one attached hydrogen (secondary N) is 3. The number of aliphatic imine (C=N–C) groups is 1. The van der Waals surface area contributed by atoms with Crippen LogP contribution >= 0.6 is 24.0 Å². The molecule has 1 amide bonds. The molecule has 3 N–H and O–H groups in total. The summed E-state index contributed by atoms with van der Waals surface area (Å²) in [5, 5.41) is 8.82. The zero-order valence-corrected chi connectivity index (χ0v) is 19.3. The van der Waals surface area contributed by atoms with E-state index in [-0.39, 0.29) is 42.1 Å². The van der Waals surface area contributed by atoms with E-state index in [1.807, 2.05) is 0 Å².